The van der Waals surface area contributed by atoms with Crippen LogP contribution in [0.25, 0.3) is 0 Å². The van der Waals surface area contributed by atoms with Gasteiger partial charge in [0.1, 0.15) is 5.75 Å². The first-order chi connectivity index (χ1) is 9.87. The maximum Gasteiger partial charge on any atom is 0.237 e. The molecule has 1 unspecified atom stereocenters. The summed E-state index contributed by atoms with van der Waals surface area (Å²) >= 11 is 0. The number of hydrogen-bond acceptors (Lipinski definition) is 5. The lowest BCUT2D eigenvalue weighted by atomic mass is 10.2. The zero-order chi connectivity index (χ0) is 15.5. The molecule has 2 heterocycles. The van der Waals surface area contributed by atoms with Crippen LogP contribution < -0.4 is 5.32 Å². The van der Waals surface area contributed by atoms with Crippen molar-refractivity contribution in [2.24, 2.45) is 5.92 Å². The SMILES string of the molecule is CC(C)CS(=O)(=O)CC(=O)N1CCC(N2CCNCC2)C1.Cl. The van der Waals surface area contributed by atoms with Gasteiger partial charge in [0.2, 0.25) is 5.91 Å². The van der Waals surface area contributed by atoms with E-state index >= 15 is 0 Å². The summed E-state index contributed by atoms with van der Waals surface area (Å²) in [6.45, 7) is 9.09. The van der Waals surface area contributed by atoms with Crippen molar-refractivity contribution in [2.75, 3.05) is 50.8 Å². The maximum atomic E-state index is 12.2. The largest absolute Gasteiger partial charge is 0.340 e. The van der Waals surface area contributed by atoms with E-state index in [1.807, 2.05) is 13.8 Å². The van der Waals surface area contributed by atoms with E-state index in [1.54, 1.807) is 4.90 Å². The molecule has 6 nitrogen and oxygen atoms in total. The monoisotopic (exact) mass is 353 g/mol. The number of sulfone groups is 1. The number of nitrogens with one attached hydrogen (secondary N) is 1. The smallest absolute Gasteiger partial charge is 0.237 e. The summed E-state index contributed by atoms with van der Waals surface area (Å²) in [6, 6.07) is 0.392. The van der Waals surface area contributed by atoms with Crippen LogP contribution in [-0.4, -0.2) is 80.9 Å². The molecule has 1 N–H and O–H groups in total. The van der Waals surface area contributed by atoms with Gasteiger partial charge in [-0.1, -0.05) is 13.8 Å². The highest BCUT2D eigenvalue weighted by Crippen LogP contribution is 2.17. The predicted molar refractivity (Wildman–Crippen MR) is 90.2 cm³/mol. The Bertz CT molecular complexity index is 464. The molecule has 130 valence electrons. The summed E-state index contributed by atoms with van der Waals surface area (Å²) in [5.41, 5.74) is 0. The van der Waals surface area contributed by atoms with Crippen molar-refractivity contribution >= 4 is 28.2 Å². The van der Waals surface area contributed by atoms with Gasteiger partial charge in [0.25, 0.3) is 0 Å². The number of nitrogens with zero attached hydrogens (tertiary/aromatic N) is 2. The molecular weight excluding hydrogens is 326 g/mol. The fraction of sp³-hybridized carbons (Fsp3) is 0.929. The first-order valence-corrected chi connectivity index (χ1v) is 9.62. The summed E-state index contributed by atoms with van der Waals surface area (Å²) in [7, 11) is -3.27. The zero-order valence-corrected chi connectivity index (χ0v) is 15.1. The highest BCUT2D eigenvalue weighted by atomic mass is 35.5. The average molecular weight is 354 g/mol. The molecule has 0 radical (unpaired) electrons. The summed E-state index contributed by atoms with van der Waals surface area (Å²) < 4.78 is 23.9. The van der Waals surface area contributed by atoms with Gasteiger partial charge in [-0.25, -0.2) is 8.42 Å². The Labute approximate surface area is 139 Å². The summed E-state index contributed by atoms with van der Waals surface area (Å²) in [5, 5.41) is 3.32. The first kappa shape index (κ1) is 19.7. The van der Waals surface area contributed by atoms with Crippen LogP contribution in [0, 0.1) is 5.92 Å². The molecule has 0 spiro atoms. The van der Waals surface area contributed by atoms with Crippen LogP contribution in [0.3, 0.4) is 0 Å². The van der Waals surface area contributed by atoms with Gasteiger partial charge in [-0.15, -0.1) is 12.4 Å². The van der Waals surface area contributed by atoms with E-state index in [9.17, 15) is 13.2 Å². The molecule has 0 aromatic rings. The van der Waals surface area contributed by atoms with E-state index in [0.29, 0.717) is 19.1 Å². The minimum absolute atomic E-state index is 0. The number of carbonyl (C=O) groups excluding carboxylic acids is 1. The van der Waals surface area contributed by atoms with Crippen molar-refractivity contribution in [1.82, 2.24) is 15.1 Å². The van der Waals surface area contributed by atoms with Crippen LogP contribution >= 0.6 is 12.4 Å². The third-order valence-electron chi connectivity index (χ3n) is 4.11. The predicted octanol–water partition coefficient (Wildman–Crippen LogP) is -0.0149. The van der Waals surface area contributed by atoms with Crippen molar-refractivity contribution in [3.63, 3.8) is 0 Å². The number of amides is 1. The van der Waals surface area contributed by atoms with Gasteiger partial charge in [-0.2, -0.15) is 0 Å². The van der Waals surface area contributed by atoms with E-state index in [0.717, 1.165) is 32.6 Å². The van der Waals surface area contributed by atoms with Crippen molar-refractivity contribution in [3.05, 3.63) is 0 Å². The molecular formula is C14H28ClN3O3S. The van der Waals surface area contributed by atoms with Crippen molar-refractivity contribution in [3.8, 4) is 0 Å². The summed E-state index contributed by atoms with van der Waals surface area (Å²) in [6.07, 6.45) is 0.954. The molecule has 8 heteroatoms. The number of halogens is 1. The lowest BCUT2D eigenvalue weighted by Crippen LogP contribution is -2.49. The Morgan fingerprint density at radius 3 is 2.45 bits per heavy atom. The Hall–Kier alpha value is -0.370. The zero-order valence-electron chi connectivity index (χ0n) is 13.5. The molecule has 2 rings (SSSR count). The minimum atomic E-state index is -3.27. The summed E-state index contributed by atoms with van der Waals surface area (Å²) in [4.78, 5) is 16.3. The van der Waals surface area contributed by atoms with E-state index in [4.69, 9.17) is 0 Å². The normalized spacial score (nSPS) is 23.6. The van der Waals surface area contributed by atoms with Crippen LogP contribution in [0.15, 0.2) is 0 Å². The van der Waals surface area contributed by atoms with Gasteiger partial charge >= 0.3 is 0 Å². The Morgan fingerprint density at radius 1 is 1.23 bits per heavy atom. The van der Waals surface area contributed by atoms with Gasteiger partial charge in [-0.05, 0) is 12.3 Å². The van der Waals surface area contributed by atoms with Crippen LogP contribution in [0.1, 0.15) is 20.3 Å². The highest BCUT2D eigenvalue weighted by molar-refractivity contribution is 7.92. The number of piperazine rings is 1. The van der Waals surface area contributed by atoms with Crippen LogP contribution in [0.2, 0.25) is 0 Å². The van der Waals surface area contributed by atoms with E-state index in [2.05, 4.69) is 10.2 Å². The molecule has 1 amide bonds. The Balaban J connectivity index is 0.00000242. The maximum absolute atomic E-state index is 12.2. The van der Waals surface area contributed by atoms with Crippen molar-refractivity contribution < 1.29 is 13.2 Å². The Kier molecular flexibility index (Phi) is 7.58. The molecule has 0 aliphatic carbocycles. The quantitative estimate of drug-likeness (QED) is 0.752. The second-order valence-corrected chi connectivity index (χ2v) is 8.63. The van der Waals surface area contributed by atoms with E-state index in [-0.39, 0.29) is 35.7 Å². The van der Waals surface area contributed by atoms with Gasteiger partial charge < -0.3 is 10.2 Å². The molecule has 0 aromatic carbocycles. The topological polar surface area (TPSA) is 69.7 Å². The molecule has 2 fully saturated rings. The average Bonchev–Trinajstić information content (AvgIpc) is 2.87. The first-order valence-electron chi connectivity index (χ1n) is 7.80. The van der Waals surface area contributed by atoms with Crippen molar-refractivity contribution in [2.45, 2.75) is 26.3 Å². The van der Waals surface area contributed by atoms with Gasteiger partial charge in [-0.3, -0.25) is 9.69 Å². The fourth-order valence-corrected chi connectivity index (χ4v) is 4.85. The molecule has 0 aromatic heterocycles. The number of rotatable bonds is 5. The van der Waals surface area contributed by atoms with Crippen LogP contribution in [-0.2, 0) is 14.6 Å². The molecule has 2 aliphatic heterocycles. The number of hydrogen-bond donors (Lipinski definition) is 1. The minimum Gasteiger partial charge on any atom is -0.340 e. The van der Waals surface area contributed by atoms with Gasteiger partial charge in [0.05, 0.1) is 5.75 Å². The molecule has 0 bridgehead atoms. The molecule has 2 saturated heterocycles. The number of carbonyl (C=O) groups is 1. The second-order valence-electron chi connectivity index (χ2n) is 6.52. The lowest BCUT2D eigenvalue weighted by Gasteiger charge is -2.32. The molecule has 2 aliphatic rings. The van der Waals surface area contributed by atoms with Gasteiger partial charge in [0, 0.05) is 45.3 Å². The van der Waals surface area contributed by atoms with Gasteiger partial charge in [0.15, 0.2) is 9.84 Å². The fourth-order valence-electron chi connectivity index (χ4n) is 3.16. The second kappa shape index (κ2) is 8.47. The Morgan fingerprint density at radius 2 is 1.86 bits per heavy atom. The molecule has 22 heavy (non-hydrogen) atoms. The molecule has 0 saturated carbocycles. The van der Waals surface area contributed by atoms with Crippen LogP contribution in [0.5, 0.6) is 0 Å². The highest BCUT2D eigenvalue weighted by Gasteiger charge is 2.32. The standard InChI is InChI=1S/C14H27N3O3S.ClH/c1-12(2)10-21(19,20)11-14(18)17-6-3-13(9-17)16-7-4-15-5-8-16;/h12-13,15H,3-11H2,1-2H3;1H. The van der Waals surface area contributed by atoms with E-state index in [1.165, 1.54) is 0 Å². The third-order valence-corrected chi connectivity index (χ3v) is 5.98. The lowest BCUT2D eigenvalue weighted by molar-refractivity contribution is -0.127. The summed E-state index contributed by atoms with van der Waals surface area (Å²) in [5.74, 6) is -0.406. The third kappa shape index (κ3) is 5.68. The number of likely N-dealkylation sites (tertiary alicyclic amines) is 1. The van der Waals surface area contributed by atoms with Crippen LogP contribution in [0.4, 0.5) is 0 Å². The molecule has 1 atom stereocenters. The van der Waals surface area contributed by atoms with Crippen molar-refractivity contribution in [1.29, 1.82) is 0 Å². The van der Waals surface area contributed by atoms with E-state index < -0.39 is 9.84 Å².